The number of allylic oxidation sites excluding steroid dienone is 3. The van der Waals surface area contributed by atoms with Gasteiger partial charge in [-0.15, -0.1) is 10.2 Å². The van der Waals surface area contributed by atoms with E-state index in [-0.39, 0.29) is 11.7 Å². The summed E-state index contributed by atoms with van der Waals surface area (Å²) in [7, 11) is 0. The molecule has 0 spiro atoms. The van der Waals surface area contributed by atoms with Crippen molar-refractivity contribution in [3.63, 3.8) is 0 Å². The maximum absolute atomic E-state index is 12.7. The van der Waals surface area contributed by atoms with Crippen LogP contribution in [-0.4, -0.2) is 19.1 Å². The number of nitrogens with one attached hydrogen (secondary N) is 1. The molecular formula is C16H12FN3O2. The molecule has 1 heterocycles. The van der Waals surface area contributed by atoms with Crippen molar-refractivity contribution in [3.8, 4) is 5.75 Å². The van der Waals surface area contributed by atoms with Crippen LogP contribution in [0, 0.1) is 5.82 Å². The number of carbonyl (C=O) groups excluding carboxylic acids is 1. The summed E-state index contributed by atoms with van der Waals surface area (Å²) < 4.78 is 18.2. The monoisotopic (exact) mass is 297 g/mol. The second-order valence-corrected chi connectivity index (χ2v) is 5.19. The van der Waals surface area contributed by atoms with Crippen LogP contribution >= 0.6 is 0 Å². The summed E-state index contributed by atoms with van der Waals surface area (Å²) in [6.07, 6.45) is 2.95. The Morgan fingerprint density at radius 3 is 2.91 bits per heavy atom. The minimum atomic E-state index is -0.311. The van der Waals surface area contributed by atoms with Crippen molar-refractivity contribution >= 4 is 5.91 Å². The average molecular weight is 297 g/mol. The highest BCUT2D eigenvalue weighted by Crippen LogP contribution is 2.51. The molecule has 110 valence electrons. The molecule has 22 heavy (non-hydrogen) atoms. The van der Waals surface area contributed by atoms with E-state index in [1.165, 1.54) is 23.3 Å². The molecule has 0 aromatic heterocycles. The summed E-state index contributed by atoms with van der Waals surface area (Å²) in [6.45, 7) is 0.636. The first-order chi connectivity index (χ1) is 10.7. The highest BCUT2D eigenvalue weighted by molar-refractivity contribution is 5.97. The molecule has 0 atom stereocenters. The second kappa shape index (κ2) is 4.91. The van der Waals surface area contributed by atoms with Gasteiger partial charge < -0.3 is 10.1 Å². The summed E-state index contributed by atoms with van der Waals surface area (Å²) in [5.41, 5.74) is 4.51. The average Bonchev–Trinajstić information content (AvgIpc) is 3.00. The molecule has 0 bridgehead atoms. The lowest BCUT2D eigenvalue weighted by Gasteiger charge is -2.07. The maximum atomic E-state index is 12.7. The Morgan fingerprint density at radius 2 is 2.09 bits per heavy atom. The summed E-state index contributed by atoms with van der Waals surface area (Å²) in [5.74, 6) is -0.00426. The van der Waals surface area contributed by atoms with Gasteiger partial charge in [-0.1, -0.05) is 0 Å². The van der Waals surface area contributed by atoms with Gasteiger partial charge in [-0.2, -0.15) is 0 Å². The topological polar surface area (TPSA) is 63.0 Å². The molecule has 1 N–H and O–H groups in total. The fraction of sp³-hybridized carbons (Fsp3) is 0.188. The van der Waals surface area contributed by atoms with E-state index in [1.54, 1.807) is 12.1 Å². The van der Waals surface area contributed by atoms with Crippen LogP contribution in [0.5, 0.6) is 5.75 Å². The van der Waals surface area contributed by atoms with E-state index in [4.69, 9.17) is 4.74 Å². The van der Waals surface area contributed by atoms with Gasteiger partial charge >= 0.3 is 0 Å². The van der Waals surface area contributed by atoms with Crippen LogP contribution in [-0.2, 0) is 4.79 Å². The van der Waals surface area contributed by atoms with Crippen molar-refractivity contribution in [3.05, 3.63) is 64.3 Å². The van der Waals surface area contributed by atoms with Gasteiger partial charge in [0, 0.05) is 12.0 Å². The summed E-state index contributed by atoms with van der Waals surface area (Å²) in [6, 6.07) is 5.74. The Morgan fingerprint density at radius 1 is 1.27 bits per heavy atom. The number of nitrogens with zero attached hydrogens (tertiary/aromatic N) is 2. The molecule has 0 unspecified atom stereocenters. The van der Waals surface area contributed by atoms with Crippen molar-refractivity contribution in [1.29, 1.82) is 0 Å². The third-order valence-electron chi connectivity index (χ3n) is 3.68. The Balaban J connectivity index is 1.30. The van der Waals surface area contributed by atoms with Gasteiger partial charge in [0.05, 0.1) is 12.2 Å². The van der Waals surface area contributed by atoms with E-state index in [9.17, 15) is 9.18 Å². The predicted octanol–water partition coefficient (Wildman–Crippen LogP) is 2.64. The minimum absolute atomic E-state index is 0.254. The lowest BCUT2D eigenvalue weighted by molar-refractivity contribution is -0.117. The van der Waals surface area contributed by atoms with Crippen LogP contribution in [0.15, 0.2) is 68.7 Å². The standard InChI is InChI=1S/C16H12FN3O2/c17-10-1-3-11(4-2-10)22-6-5-18-16(21)15-13-8-9-7-12(9)14(13)19-20-15/h1-4,8H,5-7H2,(H,18,21). The van der Waals surface area contributed by atoms with Gasteiger partial charge in [-0.05, 0) is 41.5 Å². The van der Waals surface area contributed by atoms with Crippen molar-refractivity contribution < 1.29 is 13.9 Å². The zero-order valence-corrected chi connectivity index (χ0v) is 11.6. The molecule has 0 radical (unpaired) electrons. The minimum Gasteiger partial charge on any atom is -0.492 e. The summed E-state index contributed by atoms with van der Waals surface area (Å²) in [4.78, 5) is 12.1. The Hall–Kier alpha value is -2.76. The lowest BCUT2D eigenvalue weighted by atomic mass is 10.1. The van der Waals surface area contributed by atoms with Gasteiger partial charge in [0.1, 0.15) is 18.2 Å². The quantitative estimate of drug-likeness (QED) is 0.849. The van der Waals surface area contributed by atoms with Gasteiger partial charge in [-0.3, -0.25) is 4.79 Å². The van der Waals surface area contributed by atoms with Crippen molar-refractivity contribution in [1.82, 2.24) is 5.32 Å². The van der Waals surface area contributed by atoms with E-state index in [0.717, 1.165) is 17.7 Å². The van der Waals surface area contributed by atoms with Crippen molar-refractivity contribution in [2.45, 2.75) is 6.42 Å². The van der Waals surface area contributed by atoms with Gasteiger partial charge in [-0.25, -0.2) is 4.39 Å². The third-order valence-corrected chi connectivity index (χ3v) is 3.68. The highest BCUT2D eigenvalue weighted by Gasteiger charge is 2.38. The number of azo groups is 1. The Bertz CT molecular complexity index is 788. The van der Waals surface area contributed by atoms with Crippen LogP contribution in [0.25, 0.3) is 0 Å². The van der Waals surface area contributed by atoms with Crippen LogP contribution < -0.4 is 10.1 Å². The largest absolute Gasteiger partial charge is 0.492 e. The first kappa shape index (κ1) is 12.9. The third kappa shape index (κ3) is 2.22. The molecule has 1 aromatic rings. The summed E-state index contributed by atoms with van der Waals surface area (Å²) >= 11 is 0. The van der Waals surface area contributed by atoms with Crippen LogP contribution in [0.1, 0.15) is 6.42 Å². The molecule has 1 saturated carbocycles. The molecule has 5 nitrogen and oxygen atoms in total. The zero-order chi connectivity index (χ0) is 15.1. The second-order valence-electron chi connectivity index (χ2n) is 5.19. The zero-order valence-electron chi connectivity index (χ0n) is 11.6. The van der Waals surface area contributed by atoms with Gasteiger partial charge in [0.15, 0.2) is 5.70 Å². The van der Waals surface area contributed by atoms with Crippen LogP contribution in [0.2, 0.25) is 0 Å². The smallest absolute Gasteiger partial charge is 0.272 e. The number of fused-ring (bicyclic) bond motifs is 2. The van der Waals surface area contributed by atoms with Gasteiger partial charge in [0.25, 0.3) is 5.91 Å². The first-order valence-corrected chi connectivity index (χ1v) is 6.99. The molecular weight excluding hydrogens is 285 g/mol. The van der Waals surface area contributed by atoms with E-state index >= 15 is 0 Å². The maximum Gasteiger partial charge on any atom is 0.272 e. The predicted molar refractivity (Wildman–Crippen MR) is 76.5 cm³/mol. The van der Waals surface area contributed by atoms with E-state index in [2.05, 4.69) is 15.5 Å². The van der Waals surface area contributed by atoms with Crippen molar-refractivity contribution in [2.24, 2.45) is 10.2 Å². The number of hydrogen-bond acceptors (Lipinski definition) is 4. The van der Waals surface area contributed by atoms with Gasteiger partial charge in [0.2, 0.25) is 0 Å². The molecule has 1 fully saturated rings. The number of amides is 1. The molecule has 1 amide bonds. The SMILES string of the molecule is O=C(NCCOc1ccc(F)cc1)C1=C2C=C3CC3=C2N=N1. The molecule has 1 aromatic carbocycles. The number of rotatable bonds is 5. The molecule has 1 aliphatic heterocycles. The lowest BCUT2D eigenvalue weighted by Crippen LogP contribution is -2.29. The van der Waals surface area contributed by atoms with E-state index in [1.807, 2.05) is 6.08 Å². The summed E-state index contributed by atoms with van der Waals surface area (Å²) in [5, 5.41) is 10.8. The molecule has 4 rings (SSSR count). The highest BCUT2D eigenvalue weighted by atomic mass is 19.1. The fourth-order valence-electron chi connectivity index (χ4n) is 2.49. The fourth-order valence-corrected chi connectivity index (χ4v) is 2.49. The number of ether oxygens (including phenoxy) is 1. The molecule has 6 heteroatoms. The number of carbonyl (C=O) groups is 1. The normalized spacial score (nSPS) is 17.4. The van der Waals surface area contributed by atoms with Crippen molar-refractivity contribution in [2.75, 3.05) is 13.2 Å². The first-order valence-electron chi connectivity index (χ1n) is 6.99. The van der Waals surface area contributed by atoms with Crippen LogP contribution in [0.4, 0.5) is 4.39 Å². The molecule has 0 saturated heterocycles. The van der Waals surface area contributed by atoms with E-state index < -0.39 is 0 Å². The number of benzene rings is 1. The number of hydrogen-bond donors (Lipinski definition) is 1. The molecule has 3 aliphatic rings. The number of halogens is 1. The van der Waals surface area contributed by atoms with Crippen LogP contribution in [0.3, 0.4) is 0 Å². The Kier molecular flexibility index (Phi) is 2.89. The Labute approximate surface area is 125 Å². The van der Waals surface area contributed by atoms with E-state index in [0.29, 0.717) is 24.6 Å². The molecule has 2 aliphatic carbocycles.